The predicted octanol–water partition coefficient (Wildman–Crippen LogP) is 4.59. The zero-order valence-corrected chi connectivity index (χ0v) is 16.3. The van der Waals surface area contributed by atoms with E-state index in [1.165, 1.54) is 11.8 Å². The monoisotopic (exact) mass is 376 g/mol. The summed E-state index contributed by atoms with van der Waals surface area (Å²) in [7, 11) is 0. The maximum Gasteiger partial charge on any atom is 0.275 e. The van der Waals surface area contributed by atoms with Crippen molar-refractivity contribution in [1.82, 2.24) is 9.97 Å². The first kappa shape index (κ1) is 19.4. The van der Waals surface area contributed by atoms with E-state index in [9.17, 15) is 4.79 Å². The van der Waals surface area contributed by atoms with Gasteiger partial charge < -0.3 is 15.0 Å². The van der Waals surface area contributed by atoms with E-state index in [1.807, 2.05) is 42.2 Å². The molecule has 3 rings (SSSR count). The maximum atomic E-state index is 12.6. The molecule has 2 aromatic carbocycles. The van der Waals surface area contributed by atoms with E-state index < -0.39 is 0 Å². The first-order valence-corrected chi connectivity index (χ1v) is 9.31. The van der Waals surface area contributed by atoms with Crippen molar-refractivity contribution in [2.45, 2.75) is 20.8 Å². The molecule has 1 N–H and O–H groups in total. The molecule has 6 nitrogen and oxygen atoms in total. The zero-order chi connectivity index (χ0) is 19.9. The van der Waals surface area contributed by atoms with Gasteiger partial charge in [0.15, 0.2) is 5.82 Å². The molecule has 0 spiro atoms. The normalized spacial score (nSPS) is 10.4. The fourth-order valence-electron chi connectivity index (χ4n) is 2.89. The molecule has 6 heteroatoms. The molecule has 0 aliphatic heterocycles. The summed E-state index contributed by atoms with van der Waals surface area (Å²) < 4.78 is 5.54. The molecule has 0 aliphatic rings. The molecule has 0 bridgehead atoms. The molecule has 1 amide bonds. The minimum Gasteiger partial charge on any atom is -0.492 e. The lowest BCUT2D eigenvalue weighted by Gasteiger charge is -2.22. The van der Waals surface area contributed by atoms with E-state index in [0.717, 1.165) is 12.2 Å². The highest BCUT2D eigenvalue weighted by Gasteiger charge is 2.14. The molecule has 1 heterocycles. The van der Waals surface area contributed by atoms with Gasteiger partial charge in [-0.1, -0.05) is 24.3 Å². The Hall–Kier alpha value is -3.41. The standard InChI is InChI=1S/C22H24N4O2/c1-4-26(17-10-8-9-16(3)13-17)21-15-23-19(14-24-21)22(27)25-18-11-6-7-12-20(18)28-5-2/h6-15H,4-5H2,1-3H3,(H,25,27). The van der Waals surface area contributed by atoms with Gasteiger partial charge in [-0.15, -0.1) is 0 Å². The van der Waals surface area contributed by atoms with Crippen molar-refractivity contribution in [1.29, 1.82) is 0 Å². The van der Waals surface area contributed by atoms with Crippen LogP contribution in [0.3, 0.4) is 0 Å². The largest absolute Gasteiger partial charge is 0.492 e. The third-order valence-electron chi connectivity index (χ3n) is 4.21. The minimum atomic E-state index is -0.329. The number of hydrogen-bond acceptors (Lipinski definition) is 5. The topological polar surface area (TPSA) is 67.3 Å². The third-order valence-corrected chi connectivity index (χ3v) is 4.21. The van der Waals surface area contributed by atoms with E-state index in [4.69, 9.17) is 4.74 Å². The van der Waals surface area contributed by atoms with Crippen molar-refractivity contribution in [3.05, 3.63) is 72.2 Å². The smallest absolute Gasteiger partial charge is 0.275 e. The molecule has 28 heavy (non-hydrogen) atoms. The van der Waals surface area contributed by atoms with Crippen molar-refractivity contribution >= 4 is 23.1 Å². The number of aryl methyl sites for hydroxylation is 1. The Morgan fingerprint density at radius 1 is 1.07 bits per heavy atom. The number of anilines is 3. The Morgan fingerprint density at radius 2 is 1.89 bits per heavy atom. The minimum absolute atomic E-state index is 0.246. The highest BCUT2D eigenvalue weighted by molar-refractivity contribution is 6.03. The number of ether oxygens (including phenoxy) is 1. The number of aromatic nitrogens is 2. The summed E-state index contributed by atoms with van der Waals surface area (Å²) in [5, 5.41) is 2.83. The van der Waals surface area contributed by atoms with Crippen LogP contribution in [0.4, 0.5) is 17.2 Å². The lowest BCUT2D eigenvalue weighted by Crippen LogP contribution is -2.19. The van der Waals surface area contributed by atoms with Gasteiger partial charge in [0, 0.05) is 12.2 Å². The Kier molecular flexibility index (Phi) is 6.22. The SMILES string of the molecule is CCOc1ccccc1NC(=O)c1cnc(N(CC)c2cccc(C)c2)cn1. The number of benzene rings is 2. The first-order chi connectivity index (χ1) is 13.6. The fraction of sp³-hybridized carbons (Fsp3) is 0.227. The number of hydrogen-bond donors (Lipinski definition) is 1. The van der Waals surface area contributed by atoms with Crippen LogP contribution in [0.1, 0.15) is 29.9 Å². The van der Waals surface area contributed by atoms with Gasteiger partial charge in [-0.2, -0.15) is 0 Å². The van der Waals surface area contributed by atoms with Crippen LogP contribution in [-0.4, -0.2) is 29.0 Å². The van der Waals surface area contributed by atoms with Gasteiger partial charge in [0.1, 0.15) is 11.4 Å². The van der Waals surface area contributed by atoms with E-state index >= 15 is 0 Å². The summed E-state index contributed by atoms with van der Waals surface area (Å²) in [5.41, 5.74) is 3.07. The zero-order valence-electron chi connectivity index (χ0n) is 16.3. The van der Waals surface area contributed by atoms with Crippen LogP contribution >= 0.6 is 0 Å². The van der Waals surface area contributed by atoms with Gasteiger partial charge >= 0.3 is 0 Å². The average molecular weight is 376 g/mol. The molecule has 3 aromatic rings. The summed E-state index contributed by atoms with van der Waals surface area (Å²) in [5.74, 6) is 0.990. The molecule has 144 valence electrons. The summed E-state index contributed by atoms with van der Waals surface area (Å²) in [6, 6.07) is 15.5. The fourth-order valence-corrected chi connectivity index (χ4v) is 2.89. The van der Waals surface area contributed by atoms with Crippen molar-refractivity contribution in [3.63, 3.8) is 0 Å². The molecule has 0 unspecified atom stereocenters. The highest BCUT2D eigenvalue weighted by Crippen LogP contribution is 2.25. The van der Waals surface area contributed by atoms with Crippen molar-refractivity contribution in [3.8, 4) is 5.75 Å². The molecule has 0 atom stereocenters. The van der Waals surface area contributed by atoms with Gasteiger partial charge in [-0.3, -0.25) is 4.79 Å². The van der Waals surface area contributed by atoms with Crippen LogP contribution in [0.5, 0.6) is 5.75 Å². The summed E-state index contributed by atoms with van der Waals surface area (Å²) in [6.07, 6.45) is 3.11. The number of nitrogens with one attached hydrogen (secondary N) is 1. The molecular weight excluding hydrogens is 352 g/mol. The second-order valence-electron chi connectivity index (χ2n) is 6.23. The van der Waals surface area contributed by atoms with Crippen molar-refractivity contribution in [2.75, 3.05) is 23.4 Å². The lowest BCUT2D eigenvalue weighted by molar-refractivity contribution is 0.102. The number of nitrogens with zero attached hydrogens (tertiary/aromatic N) is 3. The van der Waals surface area contributed by atoms with Crippen molar-refractivity contribution < 1.29 is 9.53 Å². The van der Waals surface area contributed by atoms with Crippen LogP contribution in [-0.2, 0) is 0 Å². The summed E-state index contributed by atoms with van der Waals surface area (Å²) in [6.45, 7) is 7.26. The molecule has 1 aromatic heterocycles. The molecular formula is C22H24N4O2. The van der Waals surface area contributed by atoms with E-state index in [0.29, 0.717) is 23.9 Å². The second kappa shape index (κ2) is 8.99. The lowest BCUT2D eigenvalue weighted by atomic mass is 10.2. The molecule has 0 fully saturated rings. The molecule has 0 radical (unpaired) electrons. The van der Waals surface area contributed by atoms with Crippen LogP contribution < -0.4 is 15.0 Å². The quantitative estimate of drug-likeness (QED) is 0.653. The Morgan fingerprint density at radius 3 is 2.57 bits per heavy atom. The average Bonchev–Trinajstić information content (AvgIpc) is 2.71. The van der Waals surface area contributed by atoms with Gasteiger partial charge in [0.2, 0.25) is 0 Å². The van der Waals surface area contributed by atoms with Crippen LogP contribution in [0.15, 0.2) is 60.9 Å². The maximum absolute atomic E-state index is 12.6. The van der Waals surface area contributed by atoms with Crippen LogP contribution in [0.25, 0.3) is 0 Å². The second-order valence-corrected chi connectivity index (χ2v) is 6.23. The van der Waals surface area contributed by atoms with E-state index in [1.54, 1.807) is 12.3 Å². The predicted molar refractivity (Wildman–Crippen MR) is 111 cm³/mol. The van der Waals surface area contributed by atoms with Gasteiger partial charge in [0.05, 0.1) is 24.7 Å². The van der Waals surface area contributed by atoms with E-state index in [2.05, 4.69) is 41.3 Å². The Balaban J connectivity index is 1.77. The van der Waals surface area contributed by atoms with Gasteiger partial charge in [0.25, 0.3) is 5.91 Å². The number of carbonyl (C=O) groups is 1. The number of amides is 1. The summed E-state index contributed by atoms with van der Waals surface area (Å²) >= 11 is 0. The first-order valence-electron chi connectivity index (χ1n) is 9.31. The molecule has 0 saturated carbocycles. The Bertz CT molecular complexity index is 941. The number of rotatable bonds is 7. The third kappa shape index (κ3) is 4.46. The number of para-hydroxylation sites is 2. The van der Waals surface area contributed by atoms with Crippen LogP contribution in [0, 0.1) is 6.92 Å². The van der Waals surface area contributed by atoms with Crippen LogP contribution in [0.2, 0.25) is 0 Å². The summed E-state index contributed by atoms with van der Waals surface area (Å²) in [4.78, 5) is 23.4. The molecule has 0 saturated heterocycles. The van der Waals surface area contributed by atoms with Gasteiger partial charge in [-0.05, 0) is 50.6 Å². The number of carbonyl (C=O) groups excluding carboxylic acids is 1. The molecule has 0 aliphatic carbocycles. The highest BCUT2D eigenvalue weighted by atomic mass is 16.5. The van der Waals surface area contributed by atoms with Gasteiger partial charge in [-0.25, -0.2) is 9.97 Å². The Labute approximate surface area is 165 Å². The van der Waals surface area contributed by atoms with E-state index in [-0.39, 0.29) is 11.6 Å². The van der Waals surface area contributed by atoms with Crippen molar-refractivity contribution in [2.24, 2.45) is 0 Å².